The van der Waals surface area contributed by atoms with Crippen LogP contribution in [0.3, 0.4) is 0 Å². The van der Waals surface area contributed by atoms with Gasteiger partial charge in [0.15, 0.2) is 0 Å². The van der Waals surface area contributed by atoms with Crippen molar-refractivity contribution >= 4 is 5.97 Å². The minimum absolute atomic E-state index is 0.173. The van der Waals surface area contributed by atoms with E-state index in [-0.39, 0.29) is 24.8 Å². The van der Waals surface area contributed by atoms with Crippen LogP contribution in [-0.4, -0.2) is 32.6 Å². The van der Waals surface area contributed by atoms with Crippen molar-refractivity contribution in [2.24, 2.45) is 0 Å². The van der Waals surface area contributed by atoms with Gasteiger partial charge >= 0.3 is 5.97 Å². The smallest absolute Gasteiger partial charge is 0.318 e. The highest BCUT2D eigenvalue weighted by Crippen LogP contribution is 2.33. The van der Waals surface area contributed by atoms with Gasteiger partial charge in [0.1, 0.15) is 18.8 Å². The molecule has 2 atom stereocenters. The second-order valence-corrected chi connectivity index (χ2v) is 4.00. The van der Waals surface area contributed by atoms with Gasteiger partial charge < -0.3 is 14.2 Å². The molecule has 0 aromatic heterocycles. The summed E-state index contributed by atoms with van der Waals surface area (Å²) in [7, 11) is 1.57. The van der Waals surface area contributed by atoms with Crippen LogP contribution in [0.4, 0.5) is 0 Å². The predicted octanol–water partition coefficient (Wildman–Crippen LogP) is 1.87. The standard InChI is InChI=1S/C14H16O4/c1-16-10-17-9-5-8-12-13(14(15)18-12)11-6-3-2-4-7-11/h2-8,12-13H,9-10H2,1H3/b8-5+/t12-,13+/m0/s1. The summed E-state index contributed by atoms with van der Waals surface area (Å²) in [6.45, 7) is 0.709. The number of hydrogen-bond acceptors (Lipinski definition) is 4. The van der Waals surface area contributed by atoms with E-state index in [1.807, 2.05) is 42.5 Å². The van der Waals surface area contributed by atoms with E-state index in [2.05, 4.69) is 0 Å². The van der Waals surface area contributed by atoms with Crippen molar-refractivity contribution in [1.82, 2.24) is 0 Å². The van der Waals surface area contributed by atoms with Gasteiger partial charge in [0.05, 0.1) is 6.61 Å². The highest BCUT2D eigenvalue weighted by molar-refractivity contribution is 5.85. The maximum Gasteiger partial charge on any atom is 0.318 e. The summed E-state index contributed by atoms with van der Waals surface area (Å²) in [5.41, 5.74) is 0.987. The second-order valence-electron chi connectivity index (χ2n) is 4.00. The maximum absolute atomic E-state index is 11.5. The molecule has 0 radical (unpaired) electrons. The van der Waals surface area contributed by atoms with Gasteiger partial charge in [-0.25, -0.2) is 0 Å². The molecule has 2 rings (SSSR count). The lowest BCUT2D eigenvalue weighted by atomic mass is 9.89. The predicted molar refractivity (Wildman–Crippen MR) is 66.0 cm³/mol. The van der Waals surface area contributed by atoms with Gasteiger partial charge in [0.2, 0.25) is 0 Å². The van der Waals surface area contributed by atoms with E-state index >= 15 is 0 Å². The zero-order chi connectivity index (χ0) is 12.8. The molecule has 1 aromatic carbocycles. The minimum Gasteiger partial charge on any atom is -0.456 e. The first-order valence-electron chi connectivity index (χ1n) is 5.81. The molecule has 4 nitrogen and oxygen atoms in total. The molecule has 18 heavy (non-hydrogen) atoms. The Morgan fingerprint density at radius 3 is 2.78 bits per heavy atom. The number of hydrogen-bond donors (Lipinski definition) is 0. The van der Waals surface area contributed by atoms with Crippen LogP contribution in [0, 0.1) is 0 Å². The summed E-state index contributed by atoms with van der Waals surface area (Å²) in [5.74, 6) is -0.362. The lowest BCUT2D eigenvalue weighted by Crippen LogP contribution is -2.41. The molecule has 1 aliphatic heterocycles. The maximum atomic E-state index is 11.5. The fraction of sp³-hybridized carbons (Fsp3) is 0.357. The number of cyclic esters (lactones) is 1. The van der Waals surface area contributed by atoms with Gasteiger partial charge in [-0.2, -0.15) is 0 Å². The van der Waals surface area contributed by atoms with Crippen molar-refractivity contribution in [2.45, 2.75) is 12.0 Å². The van der Waals surface area contributed by atoms with Crippen LogP contribution >= 0.6 is 0 Å². The van der Waals surface area contributed by atoms with E-state index in [1.54, 1.807) is 7.11 Å². The molecule has 0 unspecified atom stereocenters. The van der Waals surface area contributed by atoms with Crippen LogP contribution in [0.15, 0.2) is 42.5 Å². The summed E-state index contributed by atoms with van der Waals surface area (Å²) >= 11 is 0. The second kappa shape index (κ2) is 6.33. The quantitative estimate of drug-likeness (QED) is 0.334. The molecule has 0 saturated carbocycles. The molecule has 0 aliphatic carbocycles. The van der Waals surface area contributed by atoms with E-state index in [0.717, 1.165) is 5.56 Å². The first-order chi connectivity index (χ1) is 8.83. The number of rotatable bonds is 6. The zero-order valence-electron chi connectivity index (χ0n) is 10.2. The van der Waals surface area contributed by atoms with Gasteiger partial charge in [-0.1, -0.05) is 36.4 Å². The highest BCUT2D eigenvalue weighted by Gasteiger charge is 2.41. The molecule has 0 spiro atoms. The Kier molecular flexibility index (Phi) is 4.50. The summed E-state index contributed by atoms with van der Waals surface area (Å²) in [4.78, 5) is 11.5. The number of methoxy groups -OCH3 is 1. The summed E-state index contributed by atoms with van der Waals surface area (Å²) in [6, 6.07) is 9.64. The van der Waals surface area contributed by atoms with Crippen LogP contribution in [0.5, 0.6) is 0 Å². The summed E-state index contributed by atoms with van der Waals surface area (Å²) in [6.07, 6.45) is 3.51. The summed E-state index contributed by atoms with van der Waals surface area (Å²) < 4.78 is 15.0. The summed E-state index contributed by atoms with van der Waals surface area (Å²) in [5, 5.41) is 0. The molecule has 1 saturated heterocycles. The monoisotopic (exact) mass is 248 g/mol. The number of esters is 1. The lowest BCUT2D eigenvalue weighted by Gasteiger charge is -2.33. The first kappa shape index (κ1) is 12.8. The Morgan fingerprint density at radius 2 is 2.11 bits per heavy atom. The van der Waals surface area contributed by atoms with E-state index in [1.165, 1.54) is 0 Å². The van der Waals surface area contributed by atoms with Gasteiger partial charge in [-0.15, -0.1) is 0 Å². The molecule has 0 bridgehead atoms. The molecule has 4 heteroatoms. The third-order valence-electron chi connectivity index (χ3n) is 2.73. The zero-order valence-corrected chi connectivity index (χ0v) is 10.2. The van der Waals surface area contributed by atoms with Gasteiger partial charge in [-0.3, -0.25) is 4.79 Å². The number of carbonyl (C=O) groups is 1. The molecule has 1 aliphatic rings. The van der Waals surface area contributed by atoms with Gasteiger partial charge in [0.25, 0.3) is 0 Å². The number of carbonyl (C=O) groups excluding carboxylic acids is 1. The van der Waals surface area contributed by atoms with Gasteiger partial charge in [-0.05, 0) is 11.6 Å². The number of benzene rings is 1. The first-order valence-corrected chi connectivity index (χ1v) is 5.81. The topological polar surface area (TPSA) is 44.8 Å². The highest BCUT2D eigenvalue weighted by atomic mass is 16.7. The fourth-order valence-electron chi connectivity index (χ4n) is 1.86. The van der Waals surface area contributed by atoms with Crippen molar-refractivity contribution < 1.29 is 19.0 Å². The lowest BCUT2D eigenvalue weighted by molar-refractivity contribution is -0.169. The van der Waals surface area contributed by atoms with E-state index in [4.69, 9.17) is 14.2 Å². The number of ether oxygens (including phenoxy) is 3. The Balaban J connectivity index is 1.89. The van der Waals surface area contributed by atoms with Crippen LogP contribution in [0.2, 0.25) is 0 Å². The van der Waals surface area contributed by atoms with Crippen molar-refractivity contribution in [2.75, 3.05) is 20.5 Å². The molecule has 1 aromatic rings. The Bertz CT molecular complexity index is 413. The molecular formula is C14H16O4. The van der Waals surface area contributed by atoms with Crippen LogP contribution < -0.4 is 0 Å². The average molecular weight is 248 g/mol. The molecule has 0 N–H and O–H groups in total. The third kappa shape index (κ3) is 2.97. The molecular weight excluding hydrogens is 232 g/mol. The SMILES string of the molecule is COCOC/C=C/[C@@H]1OC(=O)[C@@H]1c1ccccc1. The van der Waals surface area contributed by atoms with E-state index in [0.29, 0.717) is 6.61 Å². The Labute approximate surface area is 106 Å². The largest absolute Gasteiger partial charge is 0.456 e. The van der Waals surface area contributed by atoms with Crippen molar-refractivity contribution in [1.29, 1.82) is 0 Å². The van der Waals surface area contributed by atoms with Gasteiger partial charge in [0, 0.05) is 7.11 Å². The van der Waals surface area contributed by atoms with Crippen molar-refractivity contribution in [3.63, 3.8) is 0 Å². The molecule has 1 fully saturated rings. The average Bonchev–Trinajstić information content (AvgIpc) is 2.38. The van der Waals surface area contributed by atoms with Crippen LogP contribution in [0.25, 0.3) is 0 Å². The molecule has 96 valence electrons. The Hall–Kier alpha value is -1.65. The molecule has 0 amide bonds. The molecule has 1 heterocycles. The third-order valence-corrected chi connectivity index (χ3v) is 2.73. The van der Waals surface area contributed by atoms with E-state index in [9.17, 15) is 4.79 Å². The Morgan fingerprint density at radius 1 is 1.33 bits per heavy atom. The van der Waals surface area contributed by atoms with Crippen LogP contribution in [-0.2, 0) is 19.0 Å². The fourth-order valence-corrected chi connectivity index (χ4v) is 1.86. The van der Waals surface area contributed by atoms with Crippen molar-refractivity contribution in [3.05, 3.63) is 48.0 Å². The van der Waals surface area contributed by atoms with Crippen molar-refractivity contribution in [3.8, 4) is 0 Å². The van der Waals surface area contributed by atoms with Crippen LogP contribution in [0.1, 0.15) is 11.5 Å². The normalized spacial score (nSPS) is 22.8. The minimum atomic E-state index is -0.190. The van der Waals surface area contributed by atoms with E-state index < -0.39 is 0 Å².